The Hall–Kier alpha value is -1.05. The maximum Gasteiger partial charge on any atom is 0.165 e. The quantitative estimate of drug-likeness (QED) is 0.726. The highest BCUT2D eigenvalue weighted by atomic mass is 19.1. The van der Waals surface area contributed by atoms with Gasteiger partial charge >= 0.3 is 0 Å². The monoisotopic (exact) mass is 196 g/mol. The third-order valence-corrected chi connectivity index (χ3v) is 2.77. The fourth-order valence-electron chi connectivity index (χ4n) is 1.29. The normalized spacial score (nSPS) is 14.1. The van der Waals surface area contributed by atoms with Crippen molar-refractivity contribution in [3.8, 4) is 5.75 Å². The molecule has 0 aliphatic rings. The Kier molecular flexibility index (Phi) is 2.84. The molecule has 0 radical (unpaired) electrons. The van der Waals surface area contributed by atoms with Gasteiger partial charge in [0.1, 0.15) is 0 Å². The molecule has 0 bridgehead atoms. The molecule has 14 heavy (non-hydrogen) atoms. The number of hydrogen-bond donors (Lipinski definition) is 1. The highest BCUT2D eigenvalue weighted by molar-refractivity contribution is 5.30. The molecule has 0 saturated carbocycles. The van der Waals surface area contributed by atoms with Crippen molar-refractivity contribution in [2.45, 2.75) is 33.6 Å². The summed E-state index contributed by atoms with van der Waals surface area (Å²) in [5.41, 5.74) is 1.02. The van der Waals surface area contributed by atoms with Crippen LogP contribution in [-0.4, -0.2) is 5.11 Å². The van der Waals surface area contributed by atoms with Crippen LogP contribution in [0.4, 0.5) is 4.39 Å². The van der Waals surface area contributed by atoms with Gasteiger partial charge in [-0.05, 0) is 29.0 Å². The Balaban J connectivity index is 3.03. The molecular weight excluding hydrogens is 179 g/mol. The van der Waals surface area contributed by atoms with E-state index in [1.807, 2.05) is 0 Å². The Bertz CT molecular complexity index is 326. The SMILES string of the molecule is CC(c1ccc(O)c(F)c1)C(C)(C)C. The number of halogens is 1. The van der Waals surface area contributed by atoms with Crippen LogP contribution in [0.3, 0.4) is 0 Å². The third kappa shape index (κ3) is 2.25. The summed E-state index contributed by atoms with van der Waals surface area (Å²) in [4.78, 5) is 0. The molecule has 1 aromatic rings. The number of benzene rings is 1. The van der Waals surface area contributed by atoms with E-state index in [1.54, 1.807) is 6.07 Å². The van der Waals surface area contributed by atoms with E-state index in [2.05, 4.69) is 27.7 Å². The Morgan fingerprint density at radius 2 is 1.86 bits per heavy atom. The molecule has 1 N–H and O–H groups in total. The van der Waals surface area contributed by atoms with Gasteiger partial charge in [0, 0.05) is 0 Å². The van der Waals surface area contributed by atoms with Crippen LogP contribution in [-0.2, 0) is 0 Å². The first-order valence-corrected chi connectivity index (χ1v) is 4.81. The highest BCUT2D eigenvalue weighted by Crippen LogP contribution is 2.35. The molecule has 0 aromatic heterocycles. The smallest absolute Gasteiger partial charge is 0.165 e. The fourth-order valence-corrected chi connectivity index (χ4v) is 1.29. The zero-order chi connectivity index (χ0) is 10.9. The lowest BCUT2D eigenvalue weighted by atomic mass is 9.78. The zero-order valence-corrected chi connectivity index (χ0v) is 9.13. The van der Waals surface area contributed by atoms with E-state index in [-0.39, 0.29) is 17.1 Å². The van der Waals surface area contributed by atoms with Crippen molar-refractivity contribution >= 4 is 0 Å². The van der Waals surface area contributed by atoms with Crippen LogP contribution < -0.4 is 0 Å². The van der Waals surface area contributed by atoms with E-state index in [0.29, 0.717) is 0 Å². The van der Waals surface area contributed by atoms with Crippen LogP contribution in [0.1, 0.15) is 39.2 Å². The van der Waals surface area contributed by atoms with Crippen LogP contribution in [0.5, 0.6) is 5.75 Å². The number of rotatable bonds is 1. The van der Waals surface area contributed by atoms with Gasteiger partial charge in [0.15, 0.2) is 11.6 Å². The molecule has 0 heterocycles. The van der Waals surface area contributed by atoms with Crippen LogP contribution in [0.25, 0.3) is 0 Å². The second-order valence-corrected chi connectivity index (χ2v) is 4.80. The molecule has 1 aromatic carbocycles. The molecule has 0 spiro atoms. The molecule has 78 valence electrons. The van der Waals surface area contributed by atoms with Gasteiger partial charge in [0.2, 0.25) is 0 Å². The summed E-state index contributed by atoms with van der Waals surface area (Å²) < 4.78 is 13.1. The predicted octanol–water partition coefficient (Wildman–Crippen LogP) is 3.68. The fraction of sp³-hybridized carbons (Fsp3) is 0.500. The second-order valence-electron chi connectivity index (χ2n) is 4.80. The molecule has 1 rings (SSSR count). The van der Waals surface area contributed by atoms with Crippen molar-refractivity contribution in [2.75, 3.05) is 0 Å². The highest BCUT2D eigenvalue weighted by Gasteiger charge is 2.22. The van der Waals surface area contributed by atoms with Gasteiger partial charge < -0.3 is 5.11 Å². The molecule has 1 nitrogen and oxygen atoms in total. The van der Waals surface area contributed by atoms with Crippen molar-refractivity contribution in [2.24, 2.45) is 5.41 Å². The minimum Gasteiger partial charge on any atom is -0.505 e. The molecule has 2 heteroatoms. The summed E-state index contributed by atoms with van der Waals surface area (Å²) in [6.07, 6.45) is 0. The summed E-state index contributed by atoms with van der Waals surface area (Å²) in [6, 6.07) is 4.59. The van der Waals surface area contributed by atoms with Crippen LogP contribution in [0.2, 0.25) is 0 Å². The van der Waals surface area contributed by atoms with Gasteiger partial charge in [-0.25, -0.2) is 4.39 Å². The maximum absolute atomic E-state index is 13.1. The summed E-state index contributed by atoms with van der Waals surface area (Å²) in [6.45, 7) is 8.40. The molecule has 0 aliphatic carbocycles. The van der Waals surface area contributed by atoms with E-state index in [9.17, 15) is 4.39 Å². The lowest BCUT2D eigenvalue weighted by Crippen LogP contribution is -2.15. The zero-order valence-electron chi connectivity index (χ0n) is 9.13. The lowest BCUT2D eigenvalue weighted by molar-refractivity contribution is 0.337. The Morgan fingerprint density at radius 3 is 2.29 bits per heavy atom. The van der Waals surface area contributed by atoms with Crippen molar-refractivity contribution in [3.63, 3.8) is 0 Å². The van der Waals surface area contributed by atoms with Crippen molar-refractivity contribution in [1.82, 2.24) is 0 Å². The number of phenols is 1. The standard InChI is InChI=1S/C12H17FO/c1-8(12(2,3)4)9-5-6-11(14)10(13)7-9/h5-8,14H,1-4H3. The van der Waals surface area contributed by atoms with Gasteiger partial charge in [0.05, 0.1) is 0 Å². The molecule has 1 atom stereocenters. The van der Waals surface area contributed by atoms with E-state index in [0.717, 1.165) is 5.56 Å². The third-order valence-electron chi connectivity index (χ3n) is 2.77. The largest absolute Gasteiger partial charge is 0.505 e. The number of phenolic OH excluding ortho intramolecular Hbond substituents is 1. The minimum atomic E-state index is -0.543. The van der Waals surface area contributed by atoms with E-state index in [4.69, 9.17) is 5.11 Å². The first kappa shape index (κ1) is 11.0. The van der Waals surface area contributed by atoms with Crippen molar-refractivity contribution in [1.29, 1.82) is 0 Å². The lowest BCUT2D eigenvalue weighted by Gasteiger charge is -2.27. The summed E-state index contributed by atoms with van der Waals surface area (Å²) >= 11 is 0. The maximum atomic E-state index is 13.1. The van der Waals surface area contributed by atoms with Crippen molar-refractivity contribution < 1.29 is 9.50 Å². The molecule has 0 amide bonds. The van der Waals surface area contributed by atoms with Gasteiger partial charge in [0.25, 0.3) is 0 Å². The summed E-state index contributed by atoms with van der Waals surface area (Å²) in [5, 5.41) is 9.05. The molecule has 0 fully saturated rings. The van der Waals surface area contributed by atoms with Gasteiger partial charge in [-0.15, -0.1) is 0 Å². The predicted molar refractivity (Wildman–Crippen MR) is 55.9 cm³/mol. The van der Waals surface area contributed by atoms with Gasteiger partial charge in [-0.2, -0.15) is 0 Å². The second kappa shape index (κ2) is 3.60. The average molecular weight is 196 g/mol. The number of aromatic hydroxyl groups is 1. The Labute approximate surface area is 84.6 Å². The summed E-state index contributed by atoms with van der Waals surface area (Å²) in [7, 11) is 0. The molecular formula is C12H17FO. The topological polar surface area (TPSA) is 20.2 Å². The van der Waals surface area contributed by atoms with E-state index >= 15 is 0 Å². The first-order chi connectivity index (χ1) is 6.32. The van der Waals surface area contributed by atoms with Crippen LogP contribution in [0, 0.1) is 11.2 Å². The number of hydrogen-bond acceptors (Lipinski definition) is 1. The van der Waals surface area contributed by atoms with E-state index in [1.165, 1.54) is 12.1 Å². The van der Waals surface area contributed by atoms with Gasteiger partial charge in [-0.3, -0.25) is 0 Å². The average Bonchev–Trinajstić information content (AvgIpc) is 2.07. The summed E-state index contributed by atoms with van der Waals surface area (Å²) in [5.74, 6) is -0.564. The Morgan fingerprint density at radius 1 is 1.29 bits per heavy atom. The van der Waals surface area contributed by atoms with E-state index < -0.39 is 5.82 Å². The first-order valence-electron chi connectivity index (χ1n) is 4.81. The molecule has 1 unspecified atom stereocenters. The van der Waals surface area contributed by atoms with Gasteiger partial charge in [-0.1, -0.05) is 33.8 Å². The molecule has 0 aliphatic heterocycles. The minimum absolute atomic E-state index is 0.101. The van der Waals surface area contributed by atoms with Crippen LogP contribution in [0.15, 0.2) is 18.2 Å². The van der Waals surface area contributed by atoms with Crippen molar-refractivity contribution in [3.05, 3.63) is 29.6 Å². The molecule has 0 saturated heterocycles. The van der Waals surface area contributed by atoms with Crippen LogP contribution >= 0.6 is 0 Å².